The van der Waals surface area contributed by atoms with E-state index in [4.69, 9.17) is 0 Å². The molecule has 0 bridgehead atoms. The third-order valence-electron chi connectivity index (χ3n) is 2.66. The Morgan fingerprint density at radius 2 is 2.00 bits per heavy atom. The number of aliphatic hydroxyl groups is 1. The molecule has 5 nitrogen and oxygen atoms in total. The van der Waals surface area contributed by atoms with E-state index in [1.807, 2.05) is 13.8 Å². The van der Waals surface area contributed by atoms with Gasteiger partial charge < -0.3 is 15.3 Å². The lowest BCUT2D eigenvalue weighted by Gasteiger charge is -2.30. The van der Waals surface area contributed by atoms with Gasteiger partial charge in [-0.3, -0.25) is 0 Å². The highest BCUT2D eigenvalue weighted by molar-refractivity contribution is 5.57. The van der Waals surface area contributed by atoms with Crippen LogP contribution in [0.15, 0.2) is 6.33 Å². The van der Waals surface area contributed by atoms with E-state index in [2.05, 4.69) is 27.1 Å². The molecule has 1 aromatic rings. The average Bonchev–Trinajstić information content (AvgIpc) is 2.28. The fourth-order valence-corrected chi connectivity index (χ4v) is 1.91. The number of hydrogen-bond donors (Lipinski definition) is 2. The van der Waals surface area contributed by atoms with Gasteiger partial charge in [0.1, 0.15) is 18.0 Å². The molecule has 0 unspecified atom stereocenters. The number of nitrogens with one attached hydrogen (secondary N) is 1. The Hall–Kier alpha value is -1.36. The molecule has 1 heterocycles. The molecule has 1 rings (SSSR count). The van der Waals surface area contributed by atoms with Crippen LogP contribution in [0.4, 0.5) is 11.6 Å². The zero-order chi connectivity index (χ0) is 13.8. The van der Waals surface area contributed by atoms with Crippen molar-refractivity contribution in [3.63, 3.8) is 0 Å². The van der Waals surface area contributed by atoms with Crippen LogP contribution in [0.1, 0.15) is 33.3 Å². The molecule has 0 aliphatic rings. The van der Waals surface area contributed by atoms with Crippen molar-refractivity contribution in [1.29, 1.82) is 0 Å². The standard InChI is InChI=1S/C13H24N4O/c1-6-14-11-10(3)12(16-9-15-11)17(7-2)8-13(4,5)18/h9,18H,6-8H2,1-5H3,(H,14,15,16). The maximum atomic E-state index is 9.94. The molecule has 0 saturated heterocycles. The second kappa shape index (κ2) is 6.00. The van der Waals surface area contributed by atoms with Crippen molar-refractivity contribution >= 4 is 11.6 Å². The zero-order valence-corrected chi connectivity index (χ0v) is 12.0. The smallest absolute Gasteiger partial charge is 0.137 e. The third-order valence-corrected chi connectivity index (χ3v) is 2.66. The van der Waals surface area contributed by atoms with Gasteiger partial charge in [0.15, 0.2) is 0 Å². The second-order valence-corrected chi connectivity index (χ2v) is 5.03. The summed E-state index contributed by atoms with van der Waals surface area (Å²) in [7, 11) is 0. The maximum Gasteiger partial charge on any atom is 0.137 e. The molecular formula is C13H24N4O. The summed E-state index contributed by atoms with van der Waals surface area (Å²) in [5, 5.41) is 13.2. The highest BCUT2D eigenvalue weighted by Gasteiger charge is 2.20. The summed E-state index contributed by atoms with van der Waals surface area (Å²) in [5.74, 6) is 1.74. The summed E-state index contributed by atoms with van der Waals surface area (Å²) in [4.78, 5) is 10.6. The van der Waals surface area contributed by atoms with Crippen LogP contribution in [-0.2, 0) is 0 Å². The Kier molecular flexibility index (Phi) is 4.90. The molecule has 5 heteroatoms. The first-order valence-corrected chi connectivity index (χ1v) is 6.41. The van der Waals surface area contributed by atoms with Crippen molar-refractivity contribution in [1.82, 2.24) is 9.97 Å². The van der Waals surface area contributed by atoms with Crippen molar-refractivity contribution < 1.29 is 5.11 Å². The molecule has 102 valence electrons. The number of hydrogen-bond acceptors (Lipinski definition) is 5. The molecule has 0 aliphatic carbocycles. The van der Waals surface area contributed by atoms with Gasteiger partial charge in [0.25, 0.3) is 0 Å². The van der Waals surface area contributed by atoms with Crippen LogP contribution in [0.2, 0.25) is 0 Å². The SMILES string of the molecule is CCNc1ncnc(N(CC)CC(C)(C)O)c1C. The van der Waals surface area contributed by atoms with Crippen molar-refractivity contribution in [2.24, 2.45) is 0 Å². The minimum Gasteiger partial charge on any atom is -0.389 e. The number of anilines is 2. The van der Waals surface area contributed by atoms with Crippen LogP contribution in [0.25, 0.3) is 0 Å². The zero-order valence-electron chi connectivity index (χ0n) is 12.0. The number of rotatable bonds is 6. The Morgan fingerprint density at radius 3 is 2.50 bits per heavy atom. The van der Waals surface area contributed by atoms with Gasteiger partial charge in [-0.25, -0.2) is 9.97 Å². The van der Waals surface area contributed by atoms with E-state index in [0.29, 0.717) is 6.54 Å². The van der Waals surface area contributed by atoms with Crippen LogP contribution in [0, 0.1) is 6.92 Å². The second-order valence-electron chi connectivity index (χ2n) is 5.03. The Bertz CT molecular complexity index is 387. The molecule has 0 aliphatic heterocycles. The van der Waals surface area contributed by atoms with Gasteiger partial charge in [0.2, 0.25) is 0 Å². The first-order chi connectivity index (χ1) is 8.39. The summed E-state index contributed by atoms with van der Waals surface area (Å²) in [6.45, 7) is 11.9. The van der Waals surface area contributed by atoms with Crippen LogP contribution in [-0.4, -0.2) is 40.3 Å². The van der Waals surface area contributed by atoms with Gasteiger partial charge in [-0.2, -0.15) is 0 Å². The number of nitrogens with zero attached hydrogens (tertiary/aromatic N) is 3. The van der Waals surface area contributed by atoms with Gasteiger partial charge in [-0.15, -0.1) is 0 Å². The third kappa shape index (κ3) is 3.84. The van der Waals surface area contributed by atoms with Crippen molar-refractivity contribution in [2.75, 3.05) is 29.9 Å². The van der Waals surface area contributed by atoms with E-state index in [1.165, 1.54) is 0 Å². The fourth-order valence-electron chi connectivity index (χ4n) is 1.91. The van der Waals surface area contributed by atoms with E-state index in [9.17, 15) is 5.11 Å². The van der Waals surface area contributed by atoms with Gasteiger partial charge in [0.05, 0.1) is 5.60 Å². The van der Waals surface area contributed by atoms with E-state index in [0.717, 1.165) is 30.3 Å². The summed E-state index contributed by atoms with van der Waals surface area (Å²) in [5.41, 5.74) is 0.275. The van der Waals surface area contributed by atoms with Gasteiger partial charge in [-0.1, -0.05) is 0 Å². The van der Waals surface area contributed by atoms with Gasteiger partial charge >= 0.3 is 0 Å². The first kappa shape index (κ1) is 14.7. The monoisotopic (exact) mass is 252 g/mol. The molecule has 0 aromatic carbocycles. The summed E-state index contributed by atoms with van der Waals surface area (Å²) in [6, 6.07) is 0. The minimum atomic E-state index is -0.744. The highest BCUT2D eigenvalue weighted by atomic mass is 16.3. The quantitative estimate of drug-likeness (QED) is 0.808. The van der Waals surface area contributed by atoms with Crippen LogP contribution < -0.4 is 10.2 Å². The molecule has 0 amide bonds. The maximum absolute atomic E-state index is 9.94. The van der Waals surface area contributed by atoms with Gasteiger partial charge in [0, 0.05) is 25.2 Å². The van der Waals surface area contributed by atoms with Crippen molar-refractivity contribution in [2.45, 2.75) is 40.2 Å². The van der Waals surface area contributed by atoms with Gasteiger partial charge in [-0.05, 0) is 34.6 Å². The summed E-state index contributed by atoms with van der Waals surface area (Å²) >= 11 is 0. The van der Waals surface area contributed by atoms with Crippen molar-refractivity contribution in [3.05, 3.63) is 11.9 Å². The predicted molar refractivity (Wildman–Crippen MR) is 75.1 cm³/mol. The van der Waals surface area contributed by atoms with E-state index in [-0.39, 0.29) is 0 Å². The largest absolute Gasteiger partial charge is 0.389 e. The summed E-state index contributed by atoms with van der Waals surface area (Å²) in [6.07, 6.45) is 1.56. The van der Waals surface area contributed by atoms with E-state index < -0.39 is 5.60 Å². The Balaban J connectivity index is 3.02. The lowest BCUT2D eigenvalue weighted by Crippen LogP contribution is -2.39. The Labute approximate surface area is 109 Å². The van der Waals surface area contributed by atoms with E-state index in [1.54, 1.807) is 20.2 Å². The molecular weight excluding hydrogens is 228 g/mol. The molecule has 0 saturated carbocycles. The normalized spacial score (nSPS) is 11.4. The number of likely N-dealkylation sites (N-methyl/N-ethyl adjacent to an activating group) is 1. The lowest BCUT2D eigenvalue weighted by atomic mass is 10.1. The molecule has 0 fully saturated rings. The molecule has 0 spiro atoms. The molecule has 2 N–H and O–H groups in total. The van der Waals surface area contributed by atoms with Crippen molar-refractivity contribution in [3.8, 4) is 0 Å². The average molecular weight is 252 g/mol. The topological polar surface area (TPSA) is 61.3 Å². The first-order valence-electron chi connectivity index (χ1n) is 6.41. The molecule has 0 radical (unpaired) electrons. The highest BCUT2D eigenvalue weighted by Crippen LogP contribution is 2.23. The Morgan fingerprint density at radius 1 is 1.33 bits per heavy atom. The summed E-state index contributed by atoms with van der Waals surface area (Å²) < 4.78 is 0. The molecule has 18 heavy (non-hydrogen) atoms. The lowest BCUT2D eigenvalue weighted by molar-refractivity contribution is 0.0874. The number of aromatic nitrogens is 2. The molecule has 1 aromatic heterocycles. The minimum absolute atomic E-state index is 0.549. The van der Waals surface area contributed by atoms with Crippen LogP contribution >= 0.6 is 0 Å². The molecule has 0 atom stereocenters. The van der Waals surface area contributed by atoms with E-state index >= 15 is 0 Å². The fraction of sp³-hybridized carbons (Fsp3) is 0.692. The van der Waals surface area contributed by atoms with Crippen LogP contribution in [0.5, 0.6) is 0 Å². The van der Waals surface area contributed by atoms with Crippen LogP contribution in [0.3, 0.4) is 0 Å². The predicted octanol–water partition coefficient (Wildman–Crippen LogP) is 1.81.